The van der Waals surface area contributed by atoms with Gasteiger partial charge >= 0.3 is 0 Å². The first-order chi connectivity index (χ1) is 10.1. The van der Waals surface area contributed by atoms with Crippen molar-refractivity contribution in [2.24, 2.45) is 0 Å². The van der Waals surface area contributed by atoms with E-state index in [0.717, 1.165) is 45.8 Å². The van der Waals surface area contributed by atoms with Crippen molar-refractivity contribution in [2.45, 2.75) is 27.2 Å². The molecule has 0 fully saturated rings. The van der Waals surface area contributed by atoms with Gasteiger partial charge in [-0.1, -0.05) is 13.0 Å². The highest BCUT2D eigenvalue weighted by molar-refractivity contribution is 9.10. The summed E-state index contributed by atoms with van der Waals surface area (Å²) in [5.74, 6) is 2.30. The number of hydrogen-bond donors (Lipinski definition) is 1. The molecule has 4 nitrogen and oxygen atoms in total. The predicted octanol–water partition coefficient (Wildman–Crippen LogP) is 4.22. The lowest BCUT2D eigenvalue weighted by molar-refractivity contribution is 0.416. The van der Waals surface area contributed by atoms with E-state index in [0.29, 0.717) is 5.82 Å². The van der Waals surface area contributed by atoms with E-state index in [1.165, 1.54) is 0 Å². The van der Waals surface area contributed by atoms with Gasteiger partial charge in [-0.15, -0.1) is 0 Å². The van der Waals surface area contributed by atoms with Gasteiger partial charge in [0, 0.05) is 6.54 Å². The maximum atomic E-state index is 5.47. The molecule has 2 aromatic rings. The van der Waals surface area contributed by atoms with E-state index < -0.39 is 0 Å². The van der Waals surface area contributed by atoms with Crippen LogP contribution in [0.15, 0.2) is 22.7 Å². The monoisotopic (exact) mass is 349 g/mol. The number of methoxy groups -OCH3 is 1. The highest BCUT2D eigenvalue weighted by Gasteiger charge is 2.15. The Labute approximate surface area is 134 Å². The van der Waals surface area contributed by atoms with Crippen molar-refractivity contribution in [1.82, 2.24) is 9.97 Å². The number of ether oxygens (including phenoxy) is 1. The van der Waals surface area contributed by atoms with Crippen LogP contribution in [-0.2, 0) is 6.42 Å². The summed E-state index contributed by atoms with van der Waals surface area (Å²) in [6.07, 6.45) is 0.836. The summed E-state index contributed by atoms with van der Waals surface area (Å²) in [7, 11) is 1.67. The molecule has 0 amide bonds. The molecule has 0 spiro atoms. The van der Waals surface area contributed by atoms with Gasteiger partial charge in [-0.2, -0.15) is 0 Å². The van der Waals surface area contributed by atoms with Crippen LogP contribution in [0.25, 0.3) is 11.4 Å². The summed E-state index contributed by atoms with van der Waals surface area (Å²) in [4.78, 5) is 9.29. The molecule has 1 heterocycles. The molecule has 1 aromatic carbocycles. The highest BCUT2D eigenvalue weighted by Crippen LogP contribution is 2.32. The molecule has 0 bridgehead atoms. The number of aromatic nitrogens is 2. The molecule has 0 aliphatic heterocycles. The number of hydrogen-bond acceptors (Lipinski definition) is 4. The van der Waals surface area contributed by atoms with Crippen molar-refractivity contribution in [2.75, 3.05) is 19.0 Å². The third-order valence-corrected chi connectivity index (χ3v) is 4.03. The second-order valence-corrected chi connectivity index (χ2v) is 5.54. The van der Waals surface area contributed by atoms with Crippen molar-refractivity contribution >= 4 is 21.7 Å². The number of benzene rings is 1. The SMILES string of the molecule is CCNc1nc(-c2ccc(C)cc2OC)nc(CC)c1Br. The van der Waals surface area contributed by atoms with Crippen molar-refractivity contribution in [3.63, 3.8) is 0 Å². The van der Waals surface area contributed by atoms with Gasteiger partial charge in [-0.3, -0.25) is 0 Å². The van der Waals surface area contributed by atoms with E-state index >= 15 is 0 Å². The summed E-state index contributed by atoms with van der Waals surface area (Å²) in [5.41, 5.74) is 3.04. The third-order valence-electron chi connectivity index (χ3n) is 3.20. The Bertz CT molecular complexity index is 644. The molecule has 21 heavy (non-hydrogen) atoms. The topological polar surface area (TPSA) is 47.0 Å². The lowest BCUT2D eigenvalue weighted by Crippen LogP contribution is -2.06. The van der Waals surface area contributed by atoms with Crippen LogP contribution in [0, 0.1) is 6.92 Å². The maximum Gasteiger partial charge on any atom is 0.165 e. The van der Waals surface area contributed by atoms with E-state index in [9.17, 15) is 0 Å². The lowest BCUT2D eigenvalue weighted by Gasteiger charge is -2.13. The summed E-state index contributed by atoms with van der Waals surface area (Å²) in [6, 6.07) is 6.05. The molecule has 0 aliphatic carbocycles. The van der Waals surface area contributed by atoms with Crippen LogP contribution in [0.5, 0.6) is 5.75 Å². The zero-order valence-electron chi connectivity index (χ0n) is 12.8. The molecule has 0 unspecified atom stereocenters. The van der Waals surface area contributed by atoms with Crippen LogP contribution in [0.3, 0.4) is 0 Å². The standard InChI is InChI=1S/C16H20BrN3O/c1-5-12-14(17)16(18-6-2)20-15(19-12)11-8-7-10(3)9-13(11)21-4/h7-9H,5-6H2,1-4H3,(H,18,19,20). The summed E-state index contributed by atoms with van der Waals surface area (Å²) >= 11 is 3.58. The fourth-order valence-corrected chi connectivity index (χ4v) is 2.71. The van der Waals surface area contributed by atoms with Gasteiger partial charge in [0.1, 0.15) is 11.6 Å². The first kappa shape index (κ1) is 15.8. The van der Waals surface area contributed by atoms with E-state index in [1.807, 2.05) is 32.0 Å². The number of nitrogens with zero attached hydrogens (tertiary/aromatic N) is 2. The van der Waals surface area contributed by atoms with Gasteiger partial charge in [0.05, 0.1) is 22.8 Å². The van der Waals surface area contributed by atoms with Crippen molar-refractivity contribution in [3.05, 3.63) is 33.9 Å². The summed E-state index contributed by atoms with van der Waals surface area (Å²) in [6.45, 7) is 6.98. The molecular formula is C16H20BrN3O. The van der Waals surface area contributed by atoms with Gasteiger partial charge in [0.25, 0.3) is 0 Å². The van der Waals surface area contributed by atoms with Gasteiger partial charge in [0.15, 0.2) is 5.82 Å². The minimum Gasteiger partial charge on any atom is -0.496 e. The summed E-state index contributed by atoms with van der Waals surface area (Å²) in [5, 5.41) is 3.27. The fraction of sp³-hybridized carbons (Fsp3) is 0.375. The highest BCUT2D eigenvalue weighted by atomic mass is 79.9. The molecule has 1 aromatic heterocycles. The Balaban J connectivity index is 2.60. The molecule has 0 saturated carbocycles. The number of aryl methyl sites for hydroxylation is 2. The largest absolute Gasteiger partial charge is 0.496 e. The van der Waals surface area contributed by atoms with Crippen LogP contribution in [-0.4, -0.2) is 23.6 Å². The van der Waals surface area contributed by atoms with Crippen LogP contribution in [0.2, 0.25) is 0 Å². The smallest absolute Gasteiger partial charge is 0.165 e. The van der Waals surface area contributed by atoms with Crippen LogP contribution in [0.4, 0.5) is 5.82 Å². The van der Waals surface area contributed by atoms with Crippen molar-refractivity contribution < 1.29 is 4.74 Å². The minimum absolute atomic E-state index is 0.683. The van der Waals surface area contributed by atoms with Crippen LogP contribution in [0.1, 0.15) is 25.1 Å². The van der Waals surface area contributed by atoms with Gasteiger partial charge in [-0.25, -0.2) is 9.97 Å². The van der Waals surface area contributed by atoms with E-state index in [1.54, 1.807) is 7.11 Å². The van der Waals surface area contributed by atoms with Crippen LogP contribution >= 0.6 is 15.9 Å². The van der Waals surface area contributed by atoms with Gasteiger partial charge in [-0.05, 0) is 53.9 Å². The van der Waals surface area contributed by atoms with Crippen molar-refractivity contribution in [3.8, 4) is 17.1 Å². The Morgan fingerprint density at radius 3 is 2.62 bits per heavy atom. The molecule has 2 rings (SSSR count). The summed E-state index contributed by atoms with van der Waals surface area (Å²) < 4.78 is 6.40. The number of anilines is 1. The molecule has 5 heteroatoms. The third kappa shape index (κ3) is 3.35. The molecule has 1 N–H and O–H groups in total. The number of rotatable bonds is 5. The fourth-order valence-electron chi connectivity index (χ4n) is 2.12. The number of halogens is 1. The lowest BCUT2D eigenvalue weighted by atomic mass is 10.1. The minimum atomic E-state index is 0.683. The first-order valence-corrected chi connectivity index (χ1v) is 7.85. The predicted molar refractivity (Wildman–Crippen MR) is 90.0 cm³/mol. The number of nitrogens with one attached hydrogen (secondary N) is 1. The maximum absolute atomic E-state index is 5.47. The van der Waals surface area contributed by atoms with Gasteiger partial charge in [0.2, 0.25) is 0 Å². The zero-order chi connectivity index (χ0) is 15.4. The molecule has 0 radical (unpaired) electrons. The Kier molecular flexibility index (Phi) is 5.17. The Morgan fingerprint density at radius 2 is 2.00 bits per heavy atom. The normalized spacial score (nSPS) is 10.5. The zero-order valence-corrected chi connectivity index (χ0v) is 14.4. The Morgan fingerprint density at radius 1 is 1.24 bits per heavy atom. The van der Waals surface area contributed by atoms with E-state index in [2.05, 4.69) is 38.1 Å². The molecular weight excluding hydrogens is 330 g/mol. The second kappa shape index (κ2) is 6.89. The second-order valence-electron chi connectivity index (χ2n) is 4.74. The van der Waals surface area contributed by atoms with E-state index in [-0.39, 0.29) is 0 Å². The first-order valence-electron chi connectivity index (χ1n) is 7.06. The average Bonchev–Trinajstić information content (AvgIpc) is 2.49. The van der Waals surface area contributed by atoms with Gasteiger partial charge < -0.3 is 10.1 Å². The van der Waals surface area contributed by atoms with Crippen molar-refractivity contribution in [1.29, 1.82) is 0 Å². The molecule has 0 atom stereocenters. The average molecular weight is 350 g/mol. The van der Waals surface area contributed by atoms with E-state index in [4.69, 9.17) is 4.74 Å². The quantitative estimate of drug-likeness (QED) is 0.877. The molecule has 0 aliphatic rings. The Hall–Kier alpha value is -1.62. The van der Waals surface area contributed by atoms with Crippen LogP contribution < -0.4 is 10.1 Å². The molecule has 0 saturated heterocycles. The molecule has 112 valence electrons.